The maximum Gasteiger partial charge on any atom is 0.325 e. The summed E-state index contributed by atoms with van der Waals surface area (Å²) in [6.07, 6.45) is 1.43. The van der Waals surface area contributed by atoms with Crippen LogP contribution < -0.4 is 10.6 Å². The highest BCUT2D eigenvalue weighted by atomic mass is 16.3. The average molecular weight is 369 g/mol. The first-order chi connectivity index (χ1) is 12.6. The lowest BCUT2D eigenvalue weighted by Gasteiger charge is -2.23. The number of amides is 4. The third kappa shape index (κ3) is 3.45. The molecule has 1 fully saturated rings. The van der Waals surface area contributed by atoms with Gasteiger partial charge in [0.25, 0.3) is 5.91 Å². The Labute approximate surface area is 157 Å². The Balaban J connectivity index is 1.76. The maximum absolute atomic E-state index is 12.8. The first kappa shape index (κ1) is 18.7. The summed E-state index contributed by atoms with van der Waals surface area (Å²) in [5.74, 6) is -0.651. The van der Waals surface area contributed by atoms with Crippen LogP contribution in [-0.4, -0.2) is 29.3 Å². The zero-order chi connectivity index (χ0) is 19.8. The van der Waals surface area contributed by atoms with Crippen LogP contribution in [0.5, 0.6) is 0 Å². The Morgan fingerprint density at radius 1 is 1.19 bits per heavy atom. The molecule has 0 aliphatic carbocycles. The van der Waals surface area contributed by atoms with E-state index in [-0.39, 0.29) is 12.0 Å². The molecule has 1 aromatic heterocycles. The average Bonchev–Trinajstić information content (AvgIpc) is 3.19. The fourth-order valence-corrected chi connectivity index (χ4v) is 3.15. The zero-order valence-corrected chi connectivity index (χ0v) is 15.8. The summed E-state index contributed by atoms with van der Waals surface area (Å²) in [6.45, 7) is 7.32. The topological polar surface area (TPSA) is 91.7 Å². The lowest BCUT2D eigenvalue weighted by Crippen LogP contribution is -2.42. The molecule has 1 aliphatic rings. The van der Waals surface area contributed by atoms with E-state index in [1.54, 1.807) is 25.1 Å². The van der Waals surface area contributed by atoms with Crippen molar-refractivity contribution in [3.8, 4) is 0 Å². The Bertz CT molecular complexity index is 883. The Hall–Kier alpha value is -3.09. The van der Waals surface area contributed by atoms with Crippen LogP contribution in [0, 0.1) is 0 Å². The molecule has 1 aromatic carbocycles. The number of benzene rings is 1. The van der Waals surface area contributed by atoms with Crippen molar-refractivity contribution in [1.82, 2.24) is 10.2 Å². The van der Waals surface area contributed by atoms with Gasteiger partial charge in [0, 0.05) is 5.69 Å². The summed E-state index contributed by atoms with van der Waals surface area (Å²) in [7, 11) is 0. The van der Waals surface area contributed by atoms with E-state index in [2.05, 4.69) is 10.6 Å². The maximum atomic E-state index is 12.8. The molecule has 1 aliphatic heterocycles. The molecule has 2 aromatic rings. The minimum absolute atomic E-state index is 0.164. The van der Waals surface area contributed by atoms with Crippen molar-refractivity contribution in [2.24, 2.45) is 0 Å². The number of furan rings is 1. The summed E-state index contributed by atoms with van der Waals surface area (Å²) in [4.78, 5) is 38.5. The van der Waals surface area contributed by atoms with Gasteiger partial charge in [-0.2, -0.15) is 0 Å². The van der Waals surface area contributed by atoms with E-state index in [4.69, 9.17) is 4.42 Å². The molecule has 2 N–H and O–H groups in total. The predicted octanol–water partition coefficient (Wildman–Crippen LogP) is 2.98. The fourth-order valence-electron chi connectivity index (χ4n) is 3.15. The molecule has 0 spiro atoms. The zero-order valence-electron chi connectivity index (χ0n) is 15.8. The molecular weight excluding hydrogens is 346 g/mol. The highest BCUT2D eigenvalue weighted by Gasteiger charge is 2.51. The van der Waals surface area contributed by atoms with Crippen LogP contribution in [0.3, 0.4) is 0 Å². The molecule has 2 heterocycles. The van der Waals surface area contributed by atoms with Crippen LogP contribution in [0.15, 0.2) is 47.1 Å². The number of anilines is 1. The van der Waals surface area contributed by atoms with E-state index < -0.39 is 23.4 Å². The molecule has 0 saturated carbocycles. The summed E-state index contributed by atoms with van der Waals surface area (Å²) in [5, 5.41) is 5.41. The fraction of sp³-hybridized carbons (Fsp3) is 0.350. The molecule has 4 amide bonds. The molecule has 0 radical (unpaired) electrons. The minimum Gasteiger partial charge on any atom is -0.466 e. The van der Waals surface area contributed by atoms with E-state index in [0.29, 0.717) is 11.4 Å². The van der Waals surface area contributed by atoms with Gasteiger partial charge in [0.2, 0.25) is 5.91 Å². The standard InChI is InChI=1S/C20H23N3O4/c1-19(2,3)13-8-5-6-9-14(13)21-16(24)12-23-17(25)20(4,22-18(23)26)15-10-7-11-27-15/h5-11H,12H2,1-4H3,(H,21,24)(H,22,26). The number of imide groups is 1. The van der Waals surface area contributed by atoms with Crippen LogP contribution in [0.25, 0.3) is 0 Å². The van der Waals surface area contributed by atoms with Crippen molar-refractivity contribution in [2.75, 3.05) is 11.9 Å². The lowest BCUT2D eigenvalue weighted by atomic mass is 9.86. The molecule has 3 rings (SSSR count). The number of rotatable bonds is 4. The van der Waals surface area contributed by atoms with Crippen molar-refractivity contribution in [2.45, 2.75) is 38.6 Å². The third-order valence-electron chi connectivity index (χ3n) is 4.60. The van der Waals surface area contributed by atoms with E-state index in [1.807, 2.05) is 39.0 Å². The Morgan fingerprint density at radius 3 is 2.52 bits per heavy atom. The van der Waals surface area contributed by atoms with Gasteiger partial charge in [-0.25, -0.2) is 4.79 Å². The number of hydrogen-bond acceptors (Lipinski definition) is 4. The number of carbonyl (C=O) groups excluding carboxylic acids is 3. The SMILES string of the molecule is CC(C)(C)c1ccccc1NC(=O)CN1C(=O)NC(C)(c2ccco2)C1=O. The summed E-state index contributed by atoms with van der Waals surface area (Å²) in [5.41, 5.74) is 0.152. The highest BCUT2D eigenvalue weighted by Crippen LogP contribution is 2.30. The predicted molar refractivity (Wildman–Crippen MR) is 100 cm³/mol. The second-order valence-corrected chi connectivity index (χ2v) is 7.77. The van der Waals surface area contributed by atoms with Gasteiger partial charge < -0.3 is 15.1 Å². The van der Waals surface area contributed by atoms with Gasteiger partial charge in [-0.1, -0.05) is 39.0 Å². The number of nitrogens with one attached hydrogen (secondary N) is 2. The summed E-state index contributed by atoms with van der Waals surface area (Å²) < 4.78 is 5.28. The van der Waals surface area contributed by atoms with Crippen LogP contribution in [0.2, 0.25) is 0 Å². The number of hydrogen-bond donors (Lipinski definition) is 2. The van der Waals surface area contributed by atoms with Gasteiger partial charge >= 0.3 is 6.03 Å². The van der Waals surface area contributed by atoms with Crippen LogP contribution >= 0.6 is 0 Å². The van der Waals surface area contributed by atoms with E-state index >= 15 is 0 Å². The van der Waals surface area contributed by atoms with Crippen molar-refractivity contribution in [3.05, 3.63) is 54.0 Å². The van der Waals surface area contributed by atoms with Crippen LogP contribution in [-0.2, 0) is 20.5 Å². The monoisotopic (exact) mass is 369 g/mol. The van der Waals surface area contributed by atoms with Crippen LogP contribution in [0.1, 0.15) is 39.0 Å². The third-order valence-corrected chi connectivity index (χ3v) is 4.60. The quantitative estimate of drug-likeness (QED) is 0.811. The molecule has 142 valence electrons. The van der Waals surface area contributed by atoms with E-state index in [9.17, 15) is 14.4 Å². The summed E-state index contributed by atoms with van der Waals surface area (Å²) in [6, 6.07) is 10.1. The van der Waals surface area contributed by atoms with Crippen molar-refractivity contribution in [1.29, 1.82) is 0 Å². The minimum atomic E-state index is -1.32. The Morgan fingerprint density at radius 2 is 1.89 bits per heavy atom. The first-order valence-electron chi connectivity index (χ1n) is 8.70. The molecule has 7 heteroatoms. The van der Waals surface area contributed by atoms with Gasteiger partial charge in [0.05, 0.1) is 6.26 Å². The van der Waals surface area contributed by atoms with Gasteiger partial charge in [-0.3, -0.25) is 14.5 Å². The van der Waals surface area contributed by atoms with Crippen LogP contribution in [0.4, 0.5) is 10.5 Å². The van der Waals surface area contributed by atoms with E-state index in [1.165, 1.54) is 6.26 Å². The number of carbonyl (C=O) groups is 3. The van der Waals surface area contributed by atoms with Gasteiger partial charge in [0.15, 0.2) is 5.54 Å². The van der Waals surface area contributed by atoms with Crippen molar-refractivity contribution in [3.63, 3.8) is 0 Å². The molecule has 0 bridgehead atoms. The largest absolute Gasteiger partial charge is 0.466 e. The molecule has 1 unspecified atom stereocenters. The van der Waals surface area contributed by atoms with Crippen molar-refractivity contribution >= 4 is 23.5 Å². The van der Waals surface area contributed by atoms with Crippen molar-refractivity contribution < 1.29 is 18.8 Å². The van der Waals surface area contributed by atoms with Gasteiger partial charge in [-0.15, -0.1) is 0 Å². The van der Waals surface area contributed by atoms with Gasteiger partial charge in [-0.05, 0) is 36.1 Å². The molecule has 1 saturated heterocycles. The second kappa shape index (κ2) is 6.57. The number of para-hydroxylation sites is 1. The molecule has 7 nitrogen and oxygen atoms in total. The summed E-state index contributed by atoms with van der Waals surface area (Å²) >= 11 is 0. The lowest BCUT2D eigenvalue weighted by molar-refractivity contribution is -0.134. The normalized spacial score (nSPS) is 19.9. The Kier molecular flexibility index (Phi) is 4.55. The molecule has 1 atom stereocenters. The molecular formula is C20H23N3O4. The second-order valence-electron chi connectivity index (χ2n) is 7.77. The molecule has 27 heavy (non-hydrogen) atoms. The number of nitrogens with zero attached hydrogens (tertiary/aromatic N) is 1. The smallest absolute Gasteiger partial charge is 0.325 e. The first-order valence-corrected chi connectivity index (χ1v) is 8.70. The van der Waals surface area contributed by atoms with Gasteiger partial charge in [0.1, 0.15) is 12.3 Å². The van der Waals surface area contributed by atoms with E-state index in [0.717, 1.165) is 10.5 Å². The highest BCUT2D eigenvalue weighted by molar-refractivity contribution is 6.10. The number of urea groups is 1.